The highest BCUT2D eigenvalue weighted by Crippen LogP contribution is 2.37. The highest BCUT2D eigenvalue weighted by atomic mass is 16.5. The first kappa shape index (κ1) is 17.1. The van der Waals surface area contributed by atoms with Crippen molar-refractivity contribution in [2.75, 3.05) is 20.8 Å². The smallest absolute Gasteiger partial charge is 0.343 e. The lowest BCUT2D eigenvalue weighted by atomic mass is 10.00. The van der Waals surface area contributed by atoms with Crippen LogP contribution >= 0.6 is 0 Å². The summed E-state index contributed by atoms with van der Waals surface area (Å²) in [7, 11) is 3.18. The minimum Gasteiger partial charge on any atom is -0.493 e. The van der Waals surface area contributed by atoms with Crippen molar-refractivity contribution in [3.05, 3.63) is 45.7 Å². The zero-order chi connectivity index (χ0) is 18.0. The number of methoxy groups -OCH3 is 2. The Kier molecular flexibility index (Phi) is 4.79. The van der Waals surface area contributed by atoms with Gasteiger partial charge in [-0.3, -0.25) is 4.79 Å². The standard InChI is InChI=1S/C19H21NO5/c1-4-25-19(22)14-11-20-7-5-6-12-8-17(23-2)18(24-3)9-13(12)15(20)10-16(14)21/h8-11H,4-7H2,1-3H3. The van der Waals surface area contributed by atoms with Gasteiger partial charge in [0, 0.05) is 24.4 Å². The van der Waals surface area contributed by atoms with Gasteiger partial charge < -0.3 is 18.8 Å². The van der Waals surface area contributed by atoms with Gasteiger partial charge >= 0.3 is 5.97 Å². The maximum Gasteiger partial charge on any atom is 0.343 e. The number of esters is 1. The number of carbonyl (C=O) groups excluding carboxylic acids is 1. The van der Waals surface area contributed by atoms with Crippen LogP contribution in [0.1, 0.15) is 29.3 Å². The highest BCUT2D eigenvalue weighted by Gasteiger charge is 2.21. The van der Waals surface area contributed by atoms with E-state index in [1.54, 1.807) is 27.3 Å². The van der Waals surface area contributed by atoms with Crippen molar-refractivity contribution in [1.29, 1.82) is 0 Å². The molecule has 25 heavy (non-hydrogen) atoms. The van der Waals surface area contributed by atoms with E-state index in [-0.39, 0.29) is 17.6 Å². The molecule has 6 heteroatoms. The number of hydrogen-bond donors (Lipinski definition) is 0. The van der Waals surface area contributed by atoms with Crippen molar-refractivity contribution in [3.8, 4) is 22.8 Å². The lowest BCUT2D eigenvalue weighted by Crippen LogP contribution is -2.20. The van der Waals surface area contributed by atoms with Crippen molar-refractivity contribution >= 4 is 5.97 Å². The SMILES string of the molecule is CCOC(=O)c1cn2c(cc1=O)-c1cc(OC)c(OC)cc1CCC2. The molecular formula is C19H21NO5. The molecule has 0 aliphatic carbocycles. The van der Waals surface area contributed by atoms with Crippen LogP contribution in [0.5, 0.6) is 11.5 Å². The average Bonchev–Trinajstić information content (AvgIpc) is 2.78. The molecule has 1 aromatic carbocycles. The van der Waals surface area contributed by atoms with Gasteiger partial charge in [0.05, 0.1) is 26.5 Å². The summed E-state index contributed by atoms with van der Waals surface area (Å²) in [4.78, 5) is 24.4. The molecule has 0 radical (unpaired) electrons. The second kappa shape index (κ2) is 7.01. The topological polar surface area (TPSA) is 66.8 Å². The number of ether oxygens (including phenoxy) is 3. The van der Waals surface area contributed by atoms with Crippen molar-refractivity contribution in [1.82, 2.24) is 4.57 Å². The van der Waals surface area contributed by atoms with Gasteiger partial charge in [-0.2, -0.15) is 0 Å². The number of benzene rings is 1. The number of nitrogens with zero attached hydrogens (tertiary/aromatic N) is 1. The molecule has 0 amide bonds. The Hall–Kier alpha value is -2.76. The third kappa shape index (κ3) is 3.12. The number of aromatic nitrogens is 1. The maximum absolute atomic E-state index is 12.4. The van der Waals surface area contributed by atoms with Crippen LogP contribution in [0.2, 0.25) is 0 Å². The number of fused-ring (bicyclic) bond motifs is 3. The molecular weight excluding hydrogens is 322 g/mol. The van der Waals surface area contributed by atoms with Gasteiger partial charge in [-0.15, -0.1) is 0 Å². The first-order valence-corrected chi connectivity index (χ1v) is 8.26. The van der Waals surface area contributed by atoms with E-state index in [1.165, 1.54) is 6.07 Å². The summed E-state index contributed by atoms with van der Waals surface area (Å²) in [6.07, 6.45) is 3.34. The van der Waals surface area contributed by atoms with E-state index in [4.69, 9.17) is 14.2 Å². The Balaban J connectivity index is 2.18. The number of rotatable bonds is 4. The summed E-state index contributed by atoms with van der Waals surface area (Å²) in [5.41, 5.74) is 2.50. The quantitative estimate of drug-likeness (QED) is 0.799. The predicted molar refractivity (Wildman–Crippen MR) is 93.5 cm³/mol. The van der Waals surface area contributed by atoms with E-state index in [0.29, 0.717) is 18.0 Å². The monoisotopic (exact) mass is 343 g/mol. The Labute approximate surface area is 145 Å². The van der Waals surface area contributed by atoms with Crippen LogP contribution in [0.15, 0.2) is 29.2 Å². The van der Waals surface area contributed by atoms with E-state index in [9.17, 15) is 9.59 Å². The van der Waals surface area contributed by atoms with E-state index in [0.717, 1.165) is 29.7 Å². The van der Waals surface area contributed by atoms with Crippen LogP contribution in [-0.4, -0.2) is 31.4 Å². The van der Waals surface area contributed by atoms with Gasteiger partial charge in [0.2, 0.25) is 0 Å². The molecule has 2 aromatic rings. The third-order valence-corrected chi connectivity index (χ3v) is 4.35. The molecule has 132 valence electrons. The normalized spacial score (nSPS) is 12.6. The van der Waals surface area contributed by atoms with E-state index in [2.05, 4.69) is 0 Å². The molecule has 0 unspecified atom stereocenters. The van der Waals surface area contributed by atoms with E-state index >= 15 is 0 Å². The van der Waals surface area contributed by atoms with Gasteiger partial charge in [0.15, 0.2) is 16.9 Å². The second-order valence-electron chi connectivity index (χ2n) is 5.82. The Morgan fingerprint density at radius 1 is 1.16 bits per heavy atom. The Morgan fingerprint density at radius 3 is 2.56 bits per heavy atom. The minimum absolute atomic E-state index is 0.0644. The average molecular weight is 343 g/mol. The third-order valence-electron chi connectivity index (χ3n) is 4.35. The number of pyridine rings is 1. The fourth-order valence-electron chi connectivity index (χ4n) is 3.16. The summed E-state index contributed by atoms with van der Waals surface area (Å²) in [6, 6.07) is 5.34. The molecule has 1 aromatic heterocycles. The summed E-state index contributed by atoms with van der Waals surface area (Å²) in [6.45, 7) is 2.66. The first-order valence-electron chi connectivity index (χ1n) is 8.26. The van der Waals surface area contributed by atoms with Crippen LogP contribution < -0.4 is 14.9 Å². The molecule has 0 bridgehead atoms. The lowest BCUT2D eigenvalue weighted by molar-refractivity contribution is 0.0524. The molecule has 0 fully saturated rings. The van der Waals surface area contributed by atoms with Crippen LogP contribution in [0.3, 0.4) is 0 Å². The molecule has 0 spiro atoms. The summed E-state index contributed by atoms with van der Waals surface area (Å²) >= 11 is 0. The Morgan fingerprint density at radius 2 is 1.88 bits per heavy atom. The minimum atomic E-state index is -0.584. The predicted octanol–water partition coefficient (Wildman–Crippen LogP) is 2.66. The second-order valence-corrected chi connectivity index (χ2v) is 5.82. The van der Waals surface area contributed by atoms with Gasteiger partial charge in [-0.05, 0) is 37.5 Å². The molecule has 0 saturated carbocycles. The summed E-state index contributed by atoms with van der Waals surface area (Å²) in [5.74, 6) is 0.691. The van der Waals surface area contributed by atoms with Crippen molar-refractivity contribution in [2.45, 2.75) is 26.3 Å². The molecule has 0 atom stereocenters. The molecule has 1 aliphatic rings. The van der Waals surface area contributed by atoms with Gasteiger partial charge in [-0.25, -0.2) is 4.79 Å². The highest BCUT2D eigenvalue weighted by molar-refractivity contribution is 5.89. The number of hydrogen-bond acceptors (Lipinski definition) is 5. The molecule has 2 heterocycles. The largest absolute Gasteiger partial charge is 0.493 e. The van der Waals surface area contributed by atoms with Crippen molar-refractivity contribution in [2.24, 2.45) is 0 Å². The van der Waals surface area contributed by atoms with Gasteiger partial charge in [-0.1, -0.05) is 0 Å². The number of carbonyl (C=O) groups is 1. The van der Waals surface area contributed by atoms with Crippen LogP contribution in [-0.2, 0) is 17.7 Å². The van der Waals surface area contributed by atoms with E-state index < -0.39 is 5.97 Å². The van der Waals surface area contributed by atoms with Crippen LogP contribution in [0, 0.1) is 0 Å². The first-order chi connectivity index (χ1) is 12.1. The molecule has 1 aliphatic heterocycles. The zero-order valence-corrected chi connectivity index (χ0v) is 14.6. The van der Waals surface area contributed by atoms with Gasteiger partial charge in [0.1, 0.15) is 5.56 Å². The summed E-state index contributed by atoms with van der Waals surface area (Å²) in [5, 5.41) is 0. The molecule has 0 N–H and O–H groups in total. The van der Waals surface area contributed by atoms with Gasteiger partial charge in [0.25, 0.3) is 0 Å². The Bertz CT molecular complexity index is 869. The molecule has 3 rings (SSSR count). The number of aryl methyl sites for hydroxylation is 2. The van der Waals surface area contributed by atoms with Crippen molar-refractivity contribution in [3.63, 3.8) is 0 Å². The zero-order valence-electron chi connectivity index (χ0n) is 14.6. The van der Waals surface area contributed by atoms with Crippen molar-refractivity contribution < 1.29 is 19.0 Å². The molecule has 6 nitrogen and oxygen atoms in total. The maximum atomic E-state index is 12.4. The summed E-state index contributed by atoms with van der Waals surface area (Å²) < 4.78 is 17.7. The van der Waals surface area contributed by atoms with Crippen LogP contribution in [0.25, 0.3) is 11.3 Å². The fraction of sp³-hybridized carbons (Fsp3) is 0.368. The molecule has 0 saturated heterocycles. The van der Waals surface area contributed by atoms with Crippen LogP contribution in [0.4, 0.5) is 0 Å². The lowest BCUT2D eigenvalue weighted by Gasteiger charge is -2.16. The fourth-order valence-corrected chi connectivity index (χ4v) is 3.16. The van der Waals surface area contributed by atoms with E-state index in [1.807, 2.05) is 16.7 Å².